The molecule has 0 spiro atoms. The van der Waals surface area contributed by atoms with Crippen LogP contribution in [0.1, 0.15) is 17.2 Å². The number of aromatic nitrogens is 1. The Labute approximate surface area is 127 Å². The van der Waals surface area contributed by atoms with E-state index in [1.165, 1.54) is 22.8 Å². The van der Waals surface area contributed by atoms with Gasteiger partial charge in [-0.3, -0.25) is 4.57 Å². The first-order chi connectivity index (χ1) is 9.97. The third-order valence-electron chi connectivity index (χ3n) is 3.39. The van der Waals surface area contributed by atoms with Gasteiger partial charge in [0.1, 0.15) is 11.9 Å². The van der Waals surface area contributed by atoms with E-state index in [1.54, 1.807) is 25.2 Å². The largest absolute Gasteiger partial charge is 0.419 e. The Hall–Kier alpha value is -1.92. The van der Waals surface area contributed by atoms with Gasteiger partial charge in [-0.2, -0.15) is 0 Å². The van der Waals surface area contributed by atoms with E-state index in [0.717, 1.165) is 0 Å². The van der Waals surface area contributed by atoms with E-state index < -0.39 is 17.7 Å². The number of hydrogen-bond acceptors (Lipinski definition) is 3. The van der Waals surface area contributed by atoms with E-state index in [4.69, 9.17) is 4.42 Å². The van der Waals surface area contributed by atoms with Gasteiger partial charge in [-0.25, -0.2) is 9.18 Å². The lowest BCUT2D eigenvalue weighted by Gasteiger charge is -2.12. The minimum atomic E-state index is -0.934. The second-order valence-electron chi connectivity index (χ2n) is 4.73. The van der Waals surface area contributed by atoms with Gasteiger partial charge in [0.2, 0.25) is 0 Å². The van der Waals surface area contributed by atoms with E-state index >= 15 is 0 Å². The maximum atomic E-state index is 13.2. The molecule has 0 aliphatic heterocycles. The Morgan fingerprint density at radius 1 is 1.24 bits per heavy atom. The van der Waals surface area contributed by atoms with Crippen molar-refractivity contribution < 1.29 is 13.9 Å². The molecule has 6 heteroatoms. The zero-order valence-electron chi connectivity index (χ0n) is 11.0. The van der Waals surface area contributed by atoms with Crippen LogP contribution in [-0.2, 0) is 7.05 Å². The Morgan fingerprint density at radius 3 is 2.62 bits per heavy atom. The van der Waals surface area contributed by atoms with Gasteiger partial charge >= 0.3 is 5.76 Å². The second kappa shape index (κ2) is 5.13. The Balaban J connectivity index is 2.06. The van der Waals surface area contributed by atoms with Crippen LogP contribution in [0.5, 0.6) is 0 Å². The van der Waals surface area contributed by atoms with Gasteiger partial charge in [-0.15, -0.1) is 0 Å². The predicted octanol–water partition coefficient (Wildman–Crippen LogP) is 3.11. The molecule has 1 atom stereocenters. The highest BCUT2D eigenvalue weighted by Crippen LogP contribution is 2.27. The van der Waals surface area contributed by atoms with E-state index in [1.807, 2.05) is 0 Å². The van der Waals surface area contributed by atoms with Gasteiger partial charge in [-0.1, -0.05) is 12.1 Å². The maximum Gasteiger partial charge on any atom is 0.419 e. The fourth-order valence-corrected chi connectivity index (χ4v) is 2.59. The molecular weight excluding hydrogens is 341 g/mol. The molecule has 0 saturated heterocycles. The number of hydrogen-bond donors (Lipinski definition) is 1. The van der Waals surface area contributed by atoms with Crippen molar-refractivity contribution in [1.29, 1.82) is 0 Å². The van der Waals surface area contributed by atoms with Crippen LogP contribution < -0.4 is 5.76 Å². The van der Waals surface area contributed by atoms with Gasteiger partial charge in [-0.05, 0) is 51.3 Å². The lowest BCUT2D eigenvalue weighted by Crippen LogP contribution is -2.08. The third-order valence-corrected chi connectivity index (χ3v) is 4.00. The highest BCUT2D eigenvalue weighted by atomic mass is 79.9. The Bertz CT molecular complexity index is 884. The first-order valence-corrected chi connectivity index (χ1v) is 6.99. The number of nitrogens with zero attached hydrogens (tertiary/aromatic N) is 1. The lowest BCUT2D eigenvalue weighted by atomic mass is 10.0. The number of aryl methyl sites for hydroxylation is 1. The number of rotatable bonds is 2. The van der Waals surface area contributed by atoms with Gasteiger partial charge in [0.15, 0.2) is 5.58 Å². The first kappa shape index (κ1) is 14.0. The van der Waals surface area contributed by atoms with Crippen LogP contribution in [0.25, 0.3) is 11.1 Å². The first-order valence-electron chi connectivity index (χ1n) is 6.20. The second-order valence-corrected chi connectivity index (χ2v) is 5.58. The number of fused-ring (bicyclic) bond motifs is 1. The molecule has 108 valence electrons. The summed E-state index contributed by atoms with van der Waals surface area (Å²) < 4.78 is 20.0. The average molecular weight is 352 g/mol. The molecule has 21 heavy (non-hydrogen) atoms. The normalized spacial score (nSPS) is 12.8. The summed E-state index contributed by atoms with van der Waals surface area (Å²) in [6, 6.07) is 9.33. The van der Waals surface area contributed by atoms with Crippen molar-refractivity contribution in [3.05, 3.63) is 68.4 Å². The molecule has 4 nitrogen and oxygen atoms in total. The van der Waals surface area contributed by atoms with Crippen LogP contribution in [0.15, 0.2) is 50.1 Å². The summed E-state index contributed by atoms with van der Waals surface area (Å²) in [5.41, 5.74) is 2.16. The summed E-state index contributed by atoms with van der Waals surface area (Å²) in [7, 11) is 1.61. The van der Waals surface area contributed by atoms with Crippen LogP contribution in [-0.4, -0.2) is 9.67 Å². The van der Waals surface area contributed by atoms with E-state index in [-0.39, 0.29) is 4.47 Å². The fourth-order valence-electron chi connectivity index (χ4n) is 2.20. The number of benzene rings is 2. The van der Waals surface area contributed by atoms with E-state index in [0.29, 0.717) is 22.2 Å². The highest BCUT2D eigenvalue weighted by molar-refractivity contribution is 9.10. The minimum absolute atomic E-state index is 0.284. The van der Waals surface area contributed by atoms with Crippen LogP contribution in [0.2, 0.25) is 0 Å². The summed E-state index contributed by atoms with van der Waals surface area (Å²) in [5, 5.41) is 10.4. The summed E-state index contributed by atoms with van der Waals surface area (Å²) in [4.78, 5) is 11.5. The van der Waals surface area contributed by atoms with Crippen molar-refractivity contribution in [3.8, 4) is 0 Å². The highest BCUT2D eigenvalue weighted by Gasteiger charge is 2.15. The number of halogens is 2. The average Bonchev–Trinajstić information content (AvgIpc) is 2.76. The molecule has 0 saturated carbocycles. The smallest absolute Gasteiger partial charge is 0.408 e. The molecule has 2 aromatic carbocycles. The van der Waals surface area contributed by atoms with Crippen molar-refractivity contribution in [2.24, 2.45) is 7.05 Å². The predicted molar refractivity (Wildman–Crippen MR) is 79.6 cm³/mol. The van der Waals surface area contributed by atoms with Crippen LogP contribution in [0, 0.1) is 5.82 Å². The van der Waals surface area contributed by atoms with Crippen LogP contribution >= 0.6 is 15.9 Å². The lowest BCUT2D eigenvalue weighted by molar-refractivity contribution is 0.220. The SMILES string of the molecule is Cn1c(=O)oc2cc(C(O)c3ccc(F)c(Br)c3)ccc21. The van der Waals surface area contributed by atoms with E-state index in [9.17, 15) is 14.3 Å². The number of oxazole rings is 1. The summed E-state index contributed by atoms with van der Waals surface area (Å²) in [5.74, 6) is -0.850. The fraction of sp³-hybridized carbons (Fsp3) is 0.133. The molecule has 1 N–H and O–H groups in total. The Morgan fingerprint density at radius 2 is 1.90 bits per heavy atom. The van der Waals surface area contributed by atoms with Gasteiger partial charge in [0.05, 0.1) is 9.99 Å². The van der Waals surface area contributed by atoms with Crippen LogP contribution in [0.3, 0.4) is 0 Å². The number of aliphatic hydroxyl groups excluding tert-OH is 1. The molecule has 0 aliphatic carbocycles. The molecule has 0 aliphatic rings. The molecule has 0 bridgehead atoms. The third kappa shape index (κ3) is 2.41. The van der Waals surface area contributed by atoms with Crippen molar-refractivity contribution in [3.63, 3.8) is 0 Å². The number of aliphatic hydroxyl groups is 1. The van der Waals surface area contributed by atoms with E-state index in [2.05, 4.69) is 15.9 Å². The molecule has 1 aromatic heterocycles. The molecule has 3 rings (SSSR count). The molecule has 0 fully saturated rings. The summed E-state index contributed by atoms with van der Waals surface area (Å²) >= 11 is 3.09. The van der Waals surface area contributed by atoms with Gasteiger partial charge in [0, 0.05) is 7.05 Å². The minimum Gasteiger partial charge on any atom is -0.408 e. The Kier molecular flexibility index (Phi) is 3.43. The van der Waals surface area contributed by atoms with Crippen molar-refractivity contribution in [2.45, 2.75) is 6.10 Å². The molecule has 1 unspecified atom stereocenters. The van der Waals surface area contributed by atoms with Gasteiger partial charge < -0.3 is 9.52 Å². The standard InChI is InChI=1S/C15H11BrFNO3/c1-18-12-5-3-9(7-13(12)21-15(18)20)14(19)8-2-4-11(17)10(16)6-8/h2-7,14,19H,1H3. The zero-order valence-corrected chi connectivity index (χ0v) is 12.6. The summed E-state index contributed by atoms with van der Waals surface area (Å²) in [6.07, 6.45) is -0.934. The van der Waals surface area contributed by atoms with Crippen LogP contribution in [0.4, 0.5) is 4.39 Å². The monoisotopic (exact) mass is 351 g/mol. The zero-order chi connectivity index (χ0) is 15.1. The molecule has 3 aromatic rings. The maximum absolute atomic E-state index is 13.2. The molecule has 0 amide bonds. The summed E-state index contributed by atoms with van der Waals surface area (Å²) in [6.45, 7) is 0. The van der Waals surface area contributed by atoms with Gasteiger partial charge in [0.25, 0.3) is 0 Å². The molecule has 1 heterocycles. The quantitative estimate of drug-likeness (QED) is 0.771. The van der Waals surface area contributed by atoms with Crippen molar-refractivity contribution in [2.75, 3.05) is 0 Å². The topological polar surface area (TPSA) is 55.4 Å². The van der Waals surface area contributed by atoms with Crippen molar-refractivity contribution in [1.82, 2.24) is 4.57 Å². The molecular formula is C15H11BrFNO3. The van der Waals surface area contributed by atoms with Crippen molar-refractivity contribution >= 4 is 27.0 Å². The molecule has 0 radical (unpaired) electrons.